The van der Waals surface area contributed by atoms with Crippen LogP contribution in [0.2, 0.25) is 0 Å². The second kappa shape index (κ2) is 4.61. The van der Waals surface area contributed by atoms with Crippen LogP contribution in [0, 0.1) is 5.39 Å². The zero-order valence-corrected chi connectivity index (χ0v) is 9.93. The van der Waals surface area contributed by atoms with E-state index in [0.29, 0.717) is 6.54 Å². The van der Waals surface area contributed by atoms with Gasteiger partial charge in [-0.3, -0.25) is 0 Å². The standard InChI is InChI=1S/C8H9N2O.F6P/c1-11-8-4-2-7(3-5-8)6-10-9;1-7(2,3,4,5)6/h2-5H,6H2,1H3;/q+1;-1. The van der Waals surface area contributed by atoms with Gasteiger partial charge in [0, 0.05) is 5.56 Å². The molecule has 3 nitrogen and oxygen atoms in total. The second-order valence-corrected chi connectivity index (χ2v) is 5.02. The van der Waals surface area contributed by atoms with Gasteiger partial charge in [-0.2, -0.15) is 0 Å². The van der Waals surface area contributed by atoms with Crippen LogP contribution in [0.5, 0.6) is 5.75 Å². The minimum atomic E-state index is -10.7. The third-order valence-corrected chi connectivity index (χ3v) is 1.41. The van der Waals surface area contributed by atoms with Crippen LogP contribution in [-0.4, -0.2) is 7.11 Å². The maximum atomic E-state index is 9.87. The van der Waals surface area contributed by atoms with Crippen LogP contribution in [0.1, 0.15) is 5.56 Å². The van der Waals surface area contributed by atoms with E-state index < -0.39 is 7.81 Å². The van der Waals surface area contributed by atoms with Gasteiger partial charge in [0.15, 0.2) is 0 Å². The van der Waals surface area contributed by atoms with Crippen molar-refractivity contribution in [2.45, 2.75) is 6.54 Å². The first-order valence-electron chi connectivity index (χ1n) is 4.32. The number of hydrogen-bond acceptors (Lipinski definition) is 2. The molecule has 1 aromatic rings. The number of ether oxygens (including phenoxy) is 1. The zero-order chi connectivity index (χ0) is 14.5. The zero-order valence-electron chi connectivity index (χ0n) is 9.03. The number of benzene rings is 1. The molecule has 10 heteroatoms. The maximum absolute atomic E-state index is 10.7. The van der Waals surface area contributed by atoms with E-state index in [1.54, 1.807) is 7.11 Å². The monoisotopic (exact) mass is 294 g/mol. The van der Waals surface area contributed by atoms with Crippen molar-refractivity contribution in [3.05, 3.63) is 34.8 Å². The van der Waals surface area contributed by atoms with E-state index in [0.717, 1.165) is 11.3 Å². The number of methoxy groups -OCH3 is 1. The molecule has 0 heterocycles. The molecule has 0 unspecified atom stereocenters. The number of halogens is 6. The topological polar surface area (TPSA) is 37.4 Å². The Morgan fingerprint density at radius 3 is 1.72 bits per heavy atom. The van der Waals surface area contributed by atoms with E-state index in [9.17, 15) is 25.2 Å². The number of hydrogen-bond donors (Lipinski definition) is 0. The Balaban J connectivity index is 0.000000360. The molecule has 0 radical (unpaired) electrons. The summed E-state index contributed by atoms with van der Waals surface area (Å²) in [7, 11) is -9.04. The molecule has 18 heavy (non-hydrogen) atoms. The van der Waals surface area contributed by atoms with E-state index in [1.807, 2.05) is 24.3 Å². The molecule has 0 saturated carbocycles. The first-order valence-corrected chi connectivity index (χ1v) is 6.35. The van der Waals surface area contributed by atoms with Crippen molar-refractivity contribution in [1.82, 2.24) is 0 Å². The normalized spacial score (nSPS) is 14.3. The Kier molecular flexibility index (Phi) is 4.21. The van der Waals surface area contributed by atoms with Crippen LogP contribution in [0.3, 0.4) is 0 Å². The van der Waals surface area contributed by atoms with Gasteiger partial charge in [0.05, 0.1) is 7.11 Å². The molecule has 0 aliphatic rings. The summed E-state index contributed by atoms with van der Waals surface area (Å²) in [6, 6.07) is 7.39. The number of rotatable bonds is 2. The number of diazo groups is 1. The van der Waals surface area contributed by atoms with Crippen molar-refractivity contribution in [1.29, 1.82) is 5.39 Å². The molecule has 0 N–H and O–H groups in total. The average molecular weight is 294 g/mol. The van der Waals surface area contributed by atoms with Crippen LogP contribution < -0.4 is 4.74 Å². The van der Waals surface area contributed by atoms with Crippen molar-refractivity contribution in [2.24, 2.45) is 0 Å². The Morgan fingerprint density at radius 2 is 1.44 bits per heavy atom. The molecule has 0 spiro atoms. The molecule has 1 aromatic carbocycles. The fraction of sp³-hybridized carbons (Fsp3) is 0.250. The van der Waals surface area contributed by atoms with Crippen molar-refractivity contribution >= 4 is 7.81 Å². The van der Waals surface area contributed by atoms with E-state index in [1.165, 1.54) is 0 Å². The molecule has 0 saturated heterocycles. The van der Waals surface area contributed by atoms with Crippen LogP contribution >= 0.6 is 7.81 Å². The number of nitrogens with zero attached hydrogens (tertiary/aromatic N) is 2. The predicted octanol–water partition coefficient (Wildman–Crippen LogP) is 5.43. The Labute approximate surface area is 98.2 Å². The summed E-state index contributed by atoms with van der Waals surface area (Å²) in [5, 5.41) is 8.24. The second-order valence-electron chi connectivity index (χ2n) is 3.11. The molecule has 0 aliphatic heterocycles. The van der Waals surface area contributed by atoms with E-state index in [4.69, 9.17) is 10.1 Å². The van der Waals surface area contributed by atoms with Gasteiger partial charge in [-0.05, 0) is 24.3 Å². The average Bonchev–Trinajstić information content (AvgIpc) is 2.15. The fourth-order valence-corrected chi connectivity index (χ4v) is 0.813. The molecule has 0 amide bonds. The van der Waals surface area contributed by atoms with Crippen molar-refractivity contribution in [3.63, 3.8) is 0 Å². The van der Waals surface area contributed by atoms with Gasteiger partial charge in [0.25, 0.3) is 0 Å². The van der Waals surface area contributed by atoms with Gasteiger partial charge >= 0.3 is 39.5 Å². The van der Waals surface area contributed by atoms with E-state index in [-0.39, 0.29) is 0 Å². The molecule has 0 aliphatic carbocycles. The molecule has 0 bridgehead atoms. The molecule has 1 rings (SSSR count). The van der Waals surface area contributed by atoms with Crippen LogP contribution in [0.15, 0.2) is 24.3 Å². The third-order valence-electron chi connectivity index (χ3n) is 1.41. The quantitative estimate of drug-likeness (QED) is 0.414. The van der Waals surface area contributed by atoms with Crippen molar-refractivity contribution in [3.8, 4) is 5.75 Å². The van der Waals surface area contributed by atoms with Gasteiger partial charge < -0.3 is 4.74 Å². The summed E-state index contributed by atoms with van der Waals surface area (Å²) in [6.45, 7) is 0.337. The summed E-state index contributed by atoms with van der Waals surface area (Å²) >= 11 is 0. The van der Waals surface area contributed by atoms with Gasteiger partial charge in [0.2, 0.25) is 5.39 Å². The van der Waals surface area contributed by atoms with Gasteiger partial charge in [0.1, 0.15) is 10.7 Å². The summed E-state index contributed by atoms with van der Waals surface area (Å²) in [4.78, 5) is 3.02. The van der Waals surface area contributed by atoms with Crippen LogP contribution in [0.25, 0.3) is 4.98 Å². The molecule has 0 atom stereocenters. The van der Waals surface area contributed by atoms with Crippen LogP contribution in [0.4, 0.5) is 25.2 Å². The first kappa shape index (κ1) is 16.4. The molecule has 0 fully saturated rings. The summed E-state index contributed by atoms with van der Waals surface area (Å²) < 4.78 is 64.1. The van der Waals surface area contributed by atoms with E-state index in [2.05, 4.69) is 4.98 Å². The molecular formula is C8H9F6N2OP. The predicted molar refractivity (Wildman–Crippen MR) is 55.4 cm³/mol. The summed E-state index contributed by atoms with van der Waals surface area (Å²) in [6.07, 6.45) is 0. The first-order chi connectivity index (χ1) is 7.81. The minimum absolute atomic E-state index is 0.337. The Bertz CT molecular complexity index is 423. The van der Waals surface area contributed by atoms with Crippen molar-refractivity contribution in [2.75, 3.05) is 7.11 Å². The third kappa shape index (κ3) is 14.5. The van der Waals surface area contributed by atoms with Gasteiger partial charge in [-0.1, -0.05) is 0 Å². The Morgan fingerprint density at radius 1 is 1.06 bits per heavy atom. The van der Waals surface area contributed by atoms with Gasteiger partial charge in [-0.25, -0.2) is 0 Å². The SMILES string of the molecule is COc1ccc(C[N+]#N)cc1.F[P-](F)(F)(F)(F)F. The molecule has 0 aromatic heterocycles. The van der Waals surface area contributed by atoms with E-state index >= 15 is 0 Å². The molecular weight excluding hydrogens is 285 g/mol. The Hall–Kier alpha value is -1.55. The molecule has 104 valence electrons. The van der Waals surface area contributed by atoms with Crippen molar-refractivity contribution < 1.29 is 29.9 Å². The summed E-state index contributed by atoms with van der Waals surface area (Å²) in [5.41, 5.74) is 0.966. The summed E-state index contributed by atoms with van der Waals surface area (Å²) in [5.74, 6) is 0.812. The van der Waals surface area contributed by atoms with Gasteiger partial charge in [-0.15, -0.1) is 0 Å². The fourth-order valence-electron chi connectivity index (χ4n) is 0.813. The van der Waals surface area contributed by atoms with Crippen LogP contribution in [-0.2, 0) is 6.54 Å².